The minimum absolute atomic E-state index is 0.149. The Bertz CT molecular complexity index is 741. The zero-order chi connectivity index (χ0) is 16.2. The van der Waals surface area contributed by atoms with E-state index in [1.165, 1.54) is 9.87 Å². The molecule has 0 aromatic heterocycles. The molecule has 3 aliphatic rings. The second-order valence-corrected chi connectivity index (χ2v) is 8.34. The number of nitrogens with two attached hydrogens (primary N) is 1. The van der Waals surface area contributed by atoms with E-state index in [1.807, 2.05) is 13.0 Å². The van der Waals surface area contributed by atoms with E-state index in [0.717, 1.165) is 37.0 Å². The van der Waals surface area contributed by atoms with Crippen LogP contribution in [-0.4, -0.2) is 32.5 Å². The monoisotopic (exact) mass is 338 g/mol. The van der Waals surface area contributed by atoms with E-state index in [4.69, 9.17) is 14.6 Å². The largest absolute Gasteiger partial charge is 0.486 e. The number of fused-ring (bicyclic) bond motifs is 3. The van der Waals surface area contributed by atoms with Crippen LogP contribution in [0.3, 0.4) is 0 Å². The molecule has 1 saturated carbocycles. The van der Waals surface area contributed by atoms with Crippen LogP contribution in [0.2, 0.25) is 0 Å². The molecule has 1 fully saturated rings. The van der Waals surface area contributed by atoms with Crippen LogP contribution in [0.15, 0.2) is 12.1 Å². The zero-order valence-electron chi connectivity index (χ0n) is 13.2. The van der Waals surface area contributed by atoms with Crippen molar-refractivity contribution in [2.45, 2.75) is 44.1 Å². The lowest BCUT2D eigenvalue weighted by atomic mass is 9.72. The maximum absolute atomic E-state index is 12.1. The van der Waals surface area contributed by atoms with Gasteiger partial charge in [-0.3, -0.25) is 0 Å². The van der Waals surface area contributed by atoms with Gasteiger partial charge in [-0.05, 0) is 43.0 Å². The summed E-state index contributed by atoms with van der Waals surface area (Å²) in [6.45, 7) is 3.42. The summed E-state index contributed by atoms with van der Waals surface area (Å²) in [6.07, 6.45) is 4.19. The molecule has 0 radical (unpaired) electrons. The van der Waals surface area contributed by atoms with Crippen LogP contribution in [0.5, 0.6) is 11.5 Å². The summed E-state index contributed by atoms with van der Waals surface area (Å²) >= 11 is 0. The fourth-order valence-corrected chi connectivity index (χ4v) is 5.36. The first-order valence-electron chi connectivity index (χ1n) is 8.14. The lowest BCUT2D eigenvalue weighted by molar-refractivity contribution is 0.168. The predicted molar refractivity (Wildman–Crippen MR) is 85.8 cm³/mol. The van der Waals surface area contributed by atoms with E-state index >= 15 is 0 Å². The second-order valence-electron chi connectivity index (χ2n) is 6.84. The van der Waals surface area contributed by atoms with E-state index in [0.29, 0.717) is 25.5 Å². The van der Waals surface area contributed by atoms with Crippen LogP contribution in [-0.2, 0) is 15.6 Å². The highest BCUT2D eigenvalue weighted by Crippen LogP contribution is 2.52. The first-order chi connectivity index (χ1) is 10.9. The molecule has 1 atom stereocenters. The topological polar surface area (TPSA) is 81.9 Å². The molecule has 126 valence electrons. The second kappa shape index (κ2) is 5.09. The standard InChI is InChI=1S/C16H22N2O4S/c1-11-12-8-14-15(22-7-6-21-14)9-13(12)16(4-2-3-5-16)10-18(11)23(17,19)20/h8-9,11H,2-7,10H2,1H3,(H2,17,19,20). The van der Waals surface area contributed by atoms with Crippen LogP contribution >= 0.6 is 0 Å². The smallest absolute Gasteiger partial charge is 0.277 e. The Hall–Kier alpha value is -1.31. The van der Waals surface area contributed by atoms with Crippen molar-refractivity contribution in [1.82, 2.24) is 4.31 Å². The maximum atomic E-state index is 12.1. The first kappa shape index (κ1) is 15.2. The van der Waals surface area contributed by atoms with Gasteiger partial charge in [0.05, 0.1) is 0 Å². The summed E-state index contributed by atoms with van der Waals surface area (Å²) in [5, 5.41) is 5.49. The van der Waals surface area contributed by atoms with Gasteiger partial charge < -0.3 is 9.47 Å². The predicted octanol–water partition coefficient (Wildman–Crippen LogP) is 1.85. The molecule has 0 bridgehead atoms. The molecule has 6 nitrogen and oxygen atoms in total. The van der Waals surface area contributed by atoms with E-state index in [9.17, 15) is 8.42 Å². The highest BCUT2D eigenvalue weighted by atomic mass is 32.2. The average molecular weight is 338 g/mol. The quantitative estimate of drug-likeness (QED) is 0.847. The molecule has 1 spiro atoms. The summed E-state index contributed by atoms with van der Waals surface area (Å²) < 4.78 is 37.0. The average Bonchev–Trinajstić information content (AvgIpc) is 2.98. The normalized spacial score (nSPS) is 26.3. The molecule has 0 saturated heterocycles. The highest BCUT2D eigenvalue weighted by Gasteiger charge is 2.47. The Morgan fingerprint density at radius 2 is 1.78 bits per heavy atom. The van der Waals surface area contributed by atoms with E-state index in [2.05, 4.69) is 6.07 Å². The summed E-state index contributed by atoms with van der Waals surface area (Å²) in [4.78, 5) is 0. The lowest BCUT2D eigenvalue weighted by Gasteiger charge is -2.44. The number of ether oxygens (including phenoxy) is 2. The molecule has 1 aliphatic carbocycles. The SMILES string of the molecule is CC1c2cc3c(cc2C2(CCCC2)CN1S(N)(=O)=O)OCCO3. The van der Waals surface area contributed by atoms with Crippen molar-refractivity contribution >= 4 is 10.2 Å². The van der Waals surface area contributed by atoms with Crippen molar-refractivity contribution in [3.05, 3.63) is 23.3 Å². The summed E-state index contributed by atoms with van der Waals surface area (Å²) in [6, 6.07) is 3.74. The minimum atomic E-state index is -3.74. The van der Waals surface area contributed by atoms with Gasteiger partial charge >= 0.3 is 0 Å². The molecule has 2 aliphatic heterocycles. The molecular weight excluding hydrogens is 316 g/mol. The van der Waals surface area contributed by atoms with Crippen molar-refractivity contribution in [3.8, 4) is 11.5 Å². The maximum Gasteiger partial charge on any atom is 0.277 e. The molecule has 1 unspecified atom stereocenters. The number of nitrogens with zero attached hydrogens (tertiary/aromatic N) is 1. The van der Waals surface area contributed by atoms with Gasteiger partial charge in [0.25, 0.3) is 10.2 Å². The zero-order valence-corrected chi connectivity index (χ0v) is 14.1. The number of hydrogen-bond donors (Lipinski definition) is 1. The van der Waals surface area contributed by atoms with Gasteiger partial charge in [-0.25, -0.2) is 5.14 Å². The van der Waals surface area contributed by atoms with E-state index in [1.54, 1.807) is 0 Å². The summed E-state index contributed by atoms with van der Waals surface area (Å²) in [5.74, 6) is 1.48. The fraction of sp³-hybridized carbons (Fsp3) is 0.625. The van der Waals surface area contributed by atoms with Crippen molar-refractivity contribution < 1.29 is 17.9 Å². The van der Waals surface area contributed by atoms with Gasteiger partial charge in [-0.2, -0.15) is 12.7 Å². The Labute approximate surface area is 136 Å². The van der Waals surface area contributed by atoms with Crippen molar-refractivity contribution in [1.29, 1.82) is 0 Å². The van der Waals surface area contributed by atoms with Crippen LogP contribution in [0, 0.1) is 0 Å². The van der Waals surface area contributed by atoms with Gasteiger partial charge in [0.15, 0.2) is 11.5 Å². The molecule has 1 aromatic rings. The Morgan fingerprint density at radius 3 is 2.39 bits per heavy atom. The summed E-state index contributed by atoms with van der Waals surface area (Å²) in [7, 11) is -3.74. The van der Waals surface area contributed by atoms with Gasteiger partial charge in [0.2, 0.25) is 0 Å². The van der Waals surface area contributed by atoms with Crippen molar-refractivity contribution in [2.75, 3.05) is 19.8 Å². The van der Waals surface area contributed by atoms with Gasteiger partial charge in [0.1, 0.15) is 13.2 Å². The molecule has 7 heteroatoms. The van der Waals surface area contributed by atoms with E-state index < -0.39 is 10.2 Å². The molecule has 1 aromatic carbocycles. The Balaban J connectivity index is 1.90. The van der Waals surface area contributed by atoms with Crippen molar-refractivity contribution in [3.63, 3.8) is 0 Å². The third-order valence-electron chi connectivity index (χ3n) is 5.51. The molecule has 4 rings (SSSR count). The van der Waals surface area contributed by atoms with E-state index in [-0.39, 0.29) is 11.5 Å². The van der Waals surface area contributed by atoms with Crippen LogP contribution in [0.4, 0.5) is 0 Å². The van der Waals surface area contributed by atoms with Crippen LogP contribution in [0.1, 0.15) is 49.8 Å². The van der Waals surface area contributed by atoms with Gasteiger partial charge in [-0.1, -0.05) is 12.8 Å². The van der Waals surface area contributed by atoms with Crippen LogP contribution < -0.4 is 14.6 Å². The molecule has 2 N–H and O–H groups in total. The molecule has 0 amide bonds. The molecule has 2 heterocycles. The lowest BCUT2D eigenvalue weighted by Crippen LogP contribution is -2.50. The molecule has 23 heavy (non-hydrogen) atoms. The Morgan fingerprint density at radius 1 is 1.17 bits per heavy atom. The number of benzene rings is 1. The molecular formula is C16H22N2O4S. The first-order valence-corrected chi connectivity index (χ1v) is 9.65. The van der Waals surface area contributed by atoms with Crippen molar-refractivity contribution in [2.24, 2.45) is 5.14 Å². The minimum Gasteiger partial charge on any atom is -0.486 e. The third kappa shape index (κ3) is 2.33. The third-order valence-corrected chi connectivity index (χ3v) is 6.61. The van der Waals surface area contributed by atoms with Gasteiger partial charge in [0, 0.05) is 18.0 Å². The fourth-order valence-electron chi connectivity index (χ4n) is 4.37. The Kier molecular flexibility index (Phi) is 3.37. The van der Waals surface area contributed by atoms with Gasteiger partial charge in [-0.15, -0.1) is 0 Å². The summed E-state index contributed by atoms with van der Waals surface area (Å²) in [5.41, 5.74) is 2.06. The number of rotatable bonds is 1. The number of hydrogen-bond acceptors (Lipinski definition) is 4. The highest BCUT2D eigenvalue weighted by molar-refractivity contribution is 7.86. The van der Waals surface area contributed by atoms with Crippen LogP contribution in [0.25, 0.3) is 0 Å².